The summed E-state index contributed by atoms with van der Waals surface area (Å²) in [6.07, 6.45) is 14.8. The number of hydrogen-bond acceptors (Lipinski definition) is 5. The van der Waals surface area contributed by atoms with Gasteiger partial charge in [0.25, 0.3) is 0 Å². The summed E-state index contributed by atoms with van der Waals surface area (Å²) in [6, 6.07) is 0. The van der Waals surface area contributed by atoms with Crippen LogP contribution in [0.5, 0.6) is 0 Å². The molecule has 5 heteroatoms. The van der Waals surface area contributed by atoms with Crippen LogP contribution in [-0.4, -0.2) is 65.6 Å². The zero-order chi connectivity index (χ0) is 19.3. The van der Waals surface area contributed by atoms with E-state index in [2.05, 4.69) is 6.92 Å². The Bertz CT molecular complexity index is 272. The SMILES string of the molecule is CCCCCCCCCCCCC1COCCOCCOCCOCCO1. The molecule has 0 radical (unpaired) electrons. The fraction of sp³-hybridized carbons (Fsp3) is 1.00. The molecule has 1 rings (SSSR count). The normalized spacial score (nSPS) is 21.4. The Labute approximate surface area is 167 Å². The monoisotopic (exact) mass is 388 g/mol. The van der Waals surface area contributed by atoms with Crippen LogP contribution in [0, 0.1) is 0 Å². The minimum Gasteiger partial charge on any atom is -0.377 e. The number of ether oxygens (including phenoxy) is 5. The van der Waals surface area contributed by atoms with Crippen LogP contribution in [-0.2, 0) is 23.7 Å². The van der Waals surface area contributed by atoms with Gasteiger partial charge in [0, 0.05) is 0 Å². The van der Waals surface area contributed by atoms with Crippen LogP contribution >= 0.6 is 0 Å². The summed E-state index contributed by atoms with van der Waals surface area (Å²) in [5.41, 5.74) is 0. The second-order valence-electron chi connectivity index (χ2n) is 7.38. The average Bonchev–Trinajstić information content (AvgIpc) is 2.69. The Hall–Kier alpha value is -0.200. The van der Waals surface area contributed by atoms with Gasteiger partial charge >= 0.3 is 0 Å². The van der Waals surface area contributed by atoms with Crippen molar-refractivity contribution in [2.75, 3.05) is 59.5 Å². The van der Waals surface area contributed by atoms with Crippen molar-refractivity contribution in [3.05, 3.63) is 0 Å². The third-order valence-electron chi connectivity index (χ3n) is 4.88. The van der Waals surface area contributed by atoms with E-state index in [0.29, 0.717) is 59.5 Å². The summed E-state index contributed by atoms with van der Waals surface area (Å²) in [7, 11) is 0. The summed E-state index contributed by atoms with van der Waals surface area (Å²) >= 11 is 0. The van der Waals surface area contributed by atoms with Gasteiger partial charge in [0.1, 0.15) is 0 Å². The van der Waals surface area contributed by atoms with Gasteiger partial charge in [-0.05, 0) is 6.42 Å². The van der Waals surface area contributed by atoms with Crippen LogP contribution in [0.4, 0.5) is 0 Å². The Morgan fingerprint density at radius 2 is 0.963 bits per heavy atom. The highest BCUT2D eigenvalue weighted by atomic mass is 16.6. The minimum atomic E-state index is 0.170. The molecule has 0 aromatic carbocycles. The van der Waals surface area contributed by atoms with Gasteiger partial charge in [0.2, 0.25) is 0 Å². The Balaban J connectivity index is 2.04. The molecule has 0 amide bonds. The Morgan fingerprint density at radius 3 is 1.52 bits per heavy atom. The standard InChI is InChI=1S/C22H44O5/c1-2-3-4-5-6-7-8-9-10-11-12-22-21-26-18-17-24-14-13-23-15-16-25-19-20-27-22/h22H,2-21H2,1H3. The highest BCUT2D eigenvalue weighted by Gasteiger charge is 2.10. The van der Waals surface area contributed by atoms with E-state index >= 15 is 0 Å². The van der Waals surface area contributed by atoms with Crippen molar-refractivity contribution in [2.24, 2.45) is 0 Å². The summed E-state index contributed by atoms with van der Waals surface area (Å²) in [5, 5.41) is 0. The Kier molecular flexibility index (Phi) is 18.9. The third-order valence-corrected chi connectivity index (χ3v) is 4.88. The molecular weight excluding hydrogens is 344 g/mol. The summed E-state index contributed by atoms with van der Waals surface area (Å²) in [4.78, 5) is 0. The third kappa shape index (κ3) is 17.6. The van der Waals surface area contributed by atoms with Gasteiger partial charge in [0.15, 0.2) is 0 Å². The van der Waals surface area contributed by atoms with E-state index in [1.165, 1.54) is 64.2 Å². The molecule has 0 N–H and O–H groups in total. The predicted octanol–water partition coefficient (Wildman–Crippen LogP) is 4.76. The first-order valence-corrected chi connectivity index (χ1v) is 11.4. The van der Waals surface area contributed by atoms with E-state index < -0.39 is 0 Å². The van der Waals surface area contributed by atoms with Crippen molar-refractivity contribution in [2.45, 2.75) is 83.7 Å². The largest absolute Gasteiger partial charge is 0.377 e. The topological polar surface area (TPSA) is 46.2 Å². The molecule has 1 saturated heterocycles. The Morgan fingerprint density at radius 1 is 0.519 bits per heavy atom. The molecule has 1 aliphatic rings. The van der Waals surface area contributed by atoms with Crippen molar-refractivity contribution in [3.8, 4) is 0 Å². The maximum Gasteiger partial charge on any atom is 0.0809 e. The fourth-order valence-electron chi connectivity index (χ4n) is 3.22. The van der Waals surface area contributed by atoms with E-state index in [9.17, 15) is 0 Å². The quantitative estimate of drug-likeness (QED) is 0.477. The molecular formula is C22H44O5. The van der Waals surface area contributed by atoms with Crippen LogP contribution in [0.3, 0.4) is 0 Å². The first kappa shape index (κ1) is 24.8. The molecule has 1 heterocycles. The average molecular weight is 389 g/mol. The second-order valence-corrected chi connectivity index (χ2v) is 7.38. The molecule has 1 aliphatic heterocycles. The molecule has 5 nitrogen and oxygen atoms in total. The molecule has 0 aromatic heterocycles. The van der Waals surface area contributed by atoms with Gasteiger partial charge in [-0.3, -0.25) is 0 Å². The second kappa shape index (κ2) is 20.5. The molecule has 0 aromatic rings. The van der Waals surface area contributed by atoms with Gasteiger partial charge in [-0.1, -0.05) is 71.1 Å². The molecule has 0 saturated carbocycles. The molecule has 1 unspecified atom stereocenters. The van der Waals surface area contributed by atoms with Crippen molar-refractivity contribution in [1.29, 1.82) is 0 Å². The number of rotatable bonds is 11. The fourth-order valence-corrected chi connectivity index (χ4v) is 3.22. The summed E-state index contributed by atoms with van der Waals surface area (Å²) < 4.78 is 28.1. The van der Waals surface area contributed by atoms with Crippen molar-refractivity contribution < 1.29 is 23.7 Å². The first-order valence-electron chi connectivity index (χ1n) is 11.4. The van der Waals surface area contributed by atoms with Crippen LogP contribution in [0.25, 0.3) is 0 Å². The molecule has 162 valence electrons. The highest BCUT2D eigenvalue weighted by molar-refractivity contribution is 4.59. The molecule has 0 aliphatic carbocycles. The van der Waals surface area contributed by atoms with Gasteiger partial charge in [-0.25, -0.2) is 0 Å². The van der Waals surface area contributed by atoms with E-state index in [0.717, 1.165) is 6.42 Å². The molecule has 1 atom stereocenters. The van der Waals surface area contributed by atoms with Crippen LogP contribution in [0.15, 0.2) is 0 Å². The van der Waals surface area contributed by atoms with Crippen LogP contribution < -0.4 is 0 Å². The smallest absolute Gasteiger partial charge is 0.0809 e. The van der Waals surface area contributed by atoms with Crippen molar-refractivity contribution in [1.82, 2.24) is 0 Å². The van der Waals surface area contributed by atoms with Gasteiger partial charge < -0.3 is 23.7 Å². The van der Waals surface area contributed by atoms with Gasteiger partial charge in [-0.2, -0.15) is 0 Å². The minimum absolute atomic E-state index is 0.170. The molecule has 0 spiro atoms. The first-order chi connectivity index (χ1) is 13.4. The van der Waals surface area contributed by atoms with Crippen LogP contribution in [0.1, 0.15) is 77.6 Å². The highest BCUT2D eigenvalue weighted by Crippen LogP contribution is 2.13. The molecule has 27 heavy (non-hydrogen) atoms. The van der Waals surface area contributed by atoms with E-state index in [1.807, 2.05) is 0 Å². The van der Waals surface area contributed by atoms with Crippen molar-refractivity contribution >= 4 is 0 Å². The molecule has 0 bridgehead atoms. The lowest BCUT2D eigenvalue weighted by molar-refractivity contribution is -0.0491. The van der Waals surface area contributed by atoms with E-state index in [1.54, 1.807) is 0 Å². The van der Waals surface area contributed by atoms with E-state index in [4.69, 9.17) is 23.7 Å². The van der Waals surface area contributed by atoms with Crippen molar-refractivity contribution in [3.63, 3.8) is 0 Å². The number of hydrogen-bond donors (Lipinski definition) is 0. The lowest BCUT2D eigenvalue weighted by Gasteiger charge is -2.18. The zero-order valence-corrected chi connectivity index (χ0v) is 17.8. The summed E-state index contributed by atoms with van der Waals surface area (Å²) in [6.45, 7) is 7.86. The summed E-state index contributed by atoms with van der Waals surface area (Å²) in [5.74, 6) is 0. The maximum atomic E-state index is 5.97. The van der Waals surface area contributed by atoms with Gasteiger partial charge in [-0.15, -0.1) is 0 Å². The zero-order valence-electron chi connectivity index (χ0n) is 17.8. The molecule has 1 fully saturated rings. The number of unbranched alkanes of at least 4 members (excludes halogenated alkanes) is 9. The lowest BCUT2D eigenvalue weighted by atomic mass is 10.0. The van der Waals surface area contributed by atoms with E-state index in [-0.39, 0.29) is 6.10 Å². The lowest BCUT2D eigenvalue weighted by Crippen LogP contribution is -2.23. The maximum absolute atomic E-state index is 5.97. The predicted molar refractivity (Wildman–Crippen MR) is 109 cm³/mol. The van der Waals surface area contributed by atoms with Gasteiger partial charge in [0.05, 0.1) is 65.6 Å². The van der Waals surface area contributed by atoms with Crippen LogP contribution in [0.2, 0.25) is 0 Å².